The lowest BCUT2D eigenvalue weighted by atomic mass is 9.76. The molecule has 0 saturated heterocycles. The number of methoxy groups -OCH3 is 2. The zero-order valence-corrected chi connectivity index (χ0v) is 14.5. The summed E-state index contributed by atoms with van der Waals surface area (Å²) in [5.41, 5.74) is 4.26. The van der Waals surface area contributed by atoms with Crippen molar-refractivity contribution >= 4 is 11.7 Å². The van der Waals surface area contributed by atoms with Crippen LogP contribution in [0.2, 0.25) is 0 Å². The number of fused-ring (bicyclic) bond motifs is 1. The SMILES string of the molecule is COc1ccc(OC)c([C@H]2C3=C(CCCC3=O)Nc3onc(C)c32)c1. The predicted molar refractivity (Wildman–Crippen MR) is 92.1 cm³/mol. The van der Waals surface area contributed by atoms with E-state index in [0.717, 1.165) is 46.7 Å². The number of nitrogens with one attached hydrogen (secondary N) is 1. The van der Waals surface area contributed by atoms with Crippen molar-refractivity contribution in [2.45, 2.75) is 32.1 Å². The standard InChI is InChI=1S/C19H20N2O4/c1-10-16-17(12-9-11(23-2)7-8-15(12)24-3)18-13(5-4-6-14(18)22)20-19(16)25-21-10/h7-9,17,20H,4-6H2,1-3H3/t17-/m1/s1. The van der Waals surface area contributed by atoms with Crippen LogP contribution in [0, 0.1) is 6.92 Å². The van der Waals surface area contributed by atoms with Crippen LogP contribution in [-0.4, -0.2) is 25.2 Å². The summed E-state index contributed by atoms with van der Waals surface area (Å²) in [5, 5.41) is 7.38. The van der Waals surface area contributed by atoms with Crippen molar-refractivity contribution in [3.05, 3.63) is 46.3 Å². The summed E-state index contributed by atoms with van der Waals surface area (Å²) < 4.78 is 16.5. The molecule has 1 atom stereocenters. The second-order valence-corrected chi connectivity index (χ2v) is 6.35. The Morgan fingerprint density at radius 3 is 2.84 bits per heavy atom. The summed E-state index contributed by atoms with van der Waals surface area (Å²) in [4.78, 5) is 12.8. The van der Waals surface area contributed by atoms with Gasteiger partial charge in [-0.15, -0.1) is 0 Å². The van der Waals surface area contributed by atoms with Crippen LogP contribution < -0.4 is 14.8 Å². The zero-order chi connectivity index (χ0) is 17.6. The van der Waals surface area contributed by atoms with Gasteiger partial charge in [0.2, 0.25) is 5.88 Å². The van der Waals surface area contributed by atoms with Crippen LogP contribution in [0.25, 0.3) is 0 Å². The number of rotatable bonds is 3. The highest BCUT2D eigenvalue weighted by molar-refractivity contribution is 6.01. The summed E-state index contributed by atoms with van der Waals surface area (Å²) in [5.74, 6) is 1.94. The van der Waals surface area contributed by atoms with E-state index < -0.39 is 0 Å². The predicted octanol–water partition coefficient (Wildman–Crippen LogP) is 3.56. The van der Waals surface area contributed by atoms with Crippen LogP contribution in [0.3, 0.4) is 0 Å². The first-order chi connectivity index (χ1) is 12.1. The van der Waals surface area contributed by atoms with E-state index >= 15 is 0 Å². The van der Waals surface area contributed by atoms with Gasteiger partial charge in [-0.2, -0.15) is 0 Å². The maximum Gasteiger partial charge on any atom is 0.233 e. The maximum atomic E-state index is 12.8. The number of nitrogens with zero attached hydrogens (tertiary/aromatic N) is 1. The molecule has 130 valence electrons. The van der Waals surface area contributed by atoms with Crippen molar-refractivity contribution < 1.29 is 18.8 Å². The van der Waals surface area contributed by atoms with Gasteiger partial charge in [0.1, 0.15) is 11.5 Å². The number of hydrogen-bond acceptors (Lipinski definition) is 6. The molecule has 2 aliphatic rings. The molecule has 1 aromatic heterocycles. The lowest BCUT2D eigenvalue weighted by Crippen LogP contribution is -2.26. The lowest BCUT2D eigenvalue weighted by Gasteiger charge is -2.32. The molecule has 0 spiro atoms. The van der Waals surface area contributed by atoms with Gasteiger partial charge in [0, 0.05) is 23.3 Å². The first kappa shape index (κ1) is 15.7. The summed E-state index contributed by atoms with van der Waals surface area (Å²) >= 11 is 0. The number of aromatic nitrogens is 1. The quantitative estimate of drug-likeness (QED) is 0.921. The molecule has 25 heavy (non-hydrogen) atoms. The van der Waals surface area contributed by atoms with Crippen LogP contribution in [0.1, 0.15) is 42.0 Å². The molecule has 6 nitrogen and oxygen atoms in total. The highest BCUT2D eigenvalue weighted by atomic mass is 16.5. The van der Waals surface area contributed by atoms with Crippen LogP contribution in [0.5, 0.6) is 11.5 Å². The van der Waals surface area contributed by atoms with Crippen LogP contribution in [0.15, 0.2) is 34.0 Å². The molecule has 1 aromatic carbocycles. The van der Waals surface area contributed by atoms with Gasteiger partial charge in [-0.1, -0.05) is 5.16 Å². The molecule has 2 heterocycles. The molecule has 1 aliphatic carbocycles. The lowest BCUT2D eigenvalue weighted by molar-refractivity contribution is -0.116. The average Bonchev–Trinajstić information content (AvgIpc) is 3.00. The zero-order valence-electron chi connectivity index (χ0n) is 14.5. The first-order valence-corrected chi connectivity index (χ1v) is 8.35. The molecule has 0 bridgehead atoms. The fourth-order valence-electron chi connectivity index (χ4n) is 3.79. The summed E-state index contributed by atoms with van der Waals surface area (Å²) in [6, 6.07) is 5.65. The molecule has 0 amide bonds. The van der Waals surface area contributed by atoms with Crippen LogP contribution >= 0.6 is 0 Å². The highest BCUT2D eigenvalue weighted by Gasteiger charge is 2.39. The average molecular weight is 340 g/mol. The molecule has 1 N–H and O–H groups in total. The number of Topliss-reactive ketones (excluding diaryl/α,β-unsaturated/α-hetero) is 1. The molecule has 4 rings (SSSR count). The van der Waals surface area contributed by atoms with E-state index in [1.54, 1.807) is 14.2 Å². The molecular weight excluding hydrogens is 320 g/mol. The van der Waals surface area contributed by atoms with Crippen LogP contribution in [-0.2, 0) is 4.79 Å². The number of carbonyl (C=O) groups excluding carboxylic acids is 1. The molecule has 0 unspecified atom stereocenters. The number of ketones is 1. The normalized spacial score (nSPS) is 19.2. The minimum Gasteiger partial charge on any atom is -0.497 e. The number of carbonyl (C=O) groups is 1. The fraction of sp³-hybridized carbons (Fsp3) is 0.368. The van der Waals surface area contributed by atoms with Crippen molar-refractivity contribution in [1.82, 2.24) is 5.16 Å². The van der Waals surface area contributed by atoms with Gasteiger partial charge in [0.05, 0.1) is 31.4 Å². The van der Waals surface area contributed by atoms with E-state index in [9.17, 15) is 4.79 Å². The van der Waals surface area contributed by atoms with Crippen molar-refractivity contribution in [2.24, 2.45) is 0 Å². The van der Waals surface area contributed by atoms with Gasteiger partial charge in [-0.25, -0.2) is 0 Å². The highest BCUT2D eigenvalue weighted by Crippen LogP contribution is 2.49. The fourth-order valence-corrected chi connectivity index (χ4v) is 3.79. The minimum absolute atomic E-state index is 0.162. The van der Waals surface area contributed by atoms with Gasteiger partial charge in [-0.3, -0.25) is 4.79 Å². The number of allylic oxidation sites excluding steroid dienone is 2. The van der Waals surface area contributed by atoms with E-state index in [1.165, 1.54) is 0 Å². The van der Waals surface area contributed by atoms with Gasteiger partial charge in [0.25, 0.3) is 0 Å². The summed E-state index contributed by atoms with van der Waals surface area (Å²) in [7, 11) is 3.26. The van der Waals surface area contributed by atoms with Gasteiger partial charge in [-0.05, 0) is 38.0 Å². The van der Waals surface area contributed by atoms with E-state index in [2.05, 4.69) is 10.5 Å². The van der Waals surface area contributed by atoms with Crippen molar-refractivity contribution in [1.29, 1.82) is 0 Å². The molecular formula is C19H20N2O4. The minimum atomic E-state index is -0.268. The number of benzene rings is 1. The van der Waals surface area contributed by atoms with Gasteiger partial charge in [0.15, 0.2) is 5.78 Å². The molecule has 6 heteroatoms. The number of anilines is 1. The number of hydrogen-bond donors (Lipinski definition) is 1. The summed E-state index contributed by atoms with van der Waals surface area (Å²) in [6.45, 7) is 1.89. The third kappa shape index (κ3) is 2.40. The topological polar surface area (TPSA) is 73.6 Å². The molecule has 0 fully saturated rings. The first-order valence-electron chi connectivity index (χ1n) is 8.35. The van der Waals surface area contributed by atoms with Gasteiger partial charge >= 0.3 is 0 Å². The van der Waals surface area contributed by atoms with Crippen molar-refractivity contribution in [3.8, 4) is 11.5 Å². The second kappa shape index (κ2) is 5.95. The Morgan fingerprint density at radius 2 is 2.08 bits per heavy atom. The Morgan fingerprint density at radius 1 is 1.24 bits per heavy atom. The Balaban J connectivity index is 1.99. The maximum absolute atomic E-state index is 12.8. The Labute approximate surface area is 145 Å². The molecule has 2 aromatic rings. The van der Waals surface area contributed by atoms with E-state index in [4.69, 9.17) is 14.0 Å². The monoisotopic (exact) mass is 340 g/mol. The second-order valence-electron chi connectivity index (χ2n) is 6.35. The number of aryl methyl sites for hydroxylation is 1. The van der Waals surface area contributed by atoms with Crippen LogP contribution in [0.4, 0.5) is 5.88 Å². The third-order valence-corrected chi connectivity index (χ3v) is 4.95. The van der Waals surface area contributed by atoms with Crippen molar-refractivity contribution in [2.75, 3.05) is 19.5 Å². The summed E-state index contributed by atoms with van der Waals surface area (Å²) in [6.07, 6.45) is 2.22. The Kier molecular flexibility index (Phi) is 3.75. The Bertz CT molecular complexity index is 882. The Hall–Kier alpha value is -2.76. The largest absolute Gasteiger partial charge is 0.497 e. The molecule has 0 saturated carbocycles. The van der Waals surface area contributed by atoms with Gasteiger partial charge < -0.3 is 19.3 Å². The van der Waals surface area contributed by atoms with E-state index in [0.29, 0.717) is 18.1 Å². The molecule has 0 radical (unpaired) electrons. The van der Waals surface area contributed by atoms with Crippen molar-refractivity contribution in [3.63, 3.8) is 0 Å². The molecule has 1 aliphatic heterocycles. The van der Waals surface area contributed by atoms with E-state index in [-0.39, 0.29) is 11.7 Å². The smallest absolute Gasteiger partial charge is 0.233 e. The third-order valence-electron chi connectivity index (χ3n) is 4.95. The van der Waals surface area contributed by atoms with E-state index in [1.807, 2.05) is 25.1 Å². The number of ether oxygens (including phenoxy) is 2.